The number of rotatable bonds is 6. The number of esters is 1. The Morgan fingerprint density at radius 1 is 1.07 bits per heavy atom. The van der Waals surface area contributed by atoms with Gasteiger partial charge in [-0.3, -0.25) is 0 Å². The summed E-state index contributed by atoms with van der Waals surface area (Å²) in [7, 11) is 0. The molecule has 0 bridgehead atoms. The lowest BCUT2D eigenvalue weighted by molar-refractivity contribution is 0.0526. The molecule has 28 heavy (non-hydrogen) atoms. The largest absolute Gasteiger partial charge is 0.462 e. The Morgan fingerprint density at radius 3 is 2.75 bits per heavy atom. The molecule has 2 aromatic heterocycles. The van der Waals surface area contributed by atoms with Gasteiger partial charge in [0.25, 0.3) is 0 Å². The monoisotopic (exact) mass is 406 g/mol. The zero-order valence-electron chi connectivity index (χ0n) is 15.3. The Labute approximate surface area is 171 Å². The summed E-state index contributed by atoms with van der Waals surface area (Å²) in [5.74, 6) is 0.430. The van der Waals surface area contributed by atoms with Gasteiger partial charge in [0, 0.05) is 16.0 Å². The van der Waals surface area contributed by atoms with Crippen molar-refractivity contribution in [3.8, 4) is 10.4 Å². The molecular weight excluding hydrogens is 388 g/mol. The number of hydrogen-bond acceptors (Lipinski definition) is 6. The minimum Gasteiger partial charge on any atom is -0.462 e. The molecule has 4 nitrogen and oxygen atoms in total. The Hall–Kier alpha value is -2.70. The molecule has 0 radical (unpaired) electrons. The van der Waals surface area contributed by atoms with Crippen molar-refractivity contribution in [2.45, 2.75) is 17.7 Å². The summed E-state index contributed by atoms with van der Waals surface area (Å²) in [5, 5.41) is 2.02. The van der Waals surface area contributed by atoms with Crippen molar-refractivity contribution in [2.75, 3.05) is 6.61 Å². The number of benzene rings is 2. The van der Waals surface area contributed by atoms with Crippen LogP contribution >= 0.6 is 23.1 Å². The molecule has 4 aromatic rings. The molecule has 0 unspecified atom stereocenters. The molecule has 6 heteroatoms. The highest BCUT2D eigenvalue weighted by molar-refractivity contribution is 7.98. The van der Waals surface area contributed by atoms with Crippen LogP contribution in [0.15, 0.2) is 72.0 Å². The van der Waals surface area contributed by atoms with E-state index in [0.717, 1.165) is 26.6 Å². The molecule has 0 N–H and O–H groups in total. The zero-order valence-corrected chi connectivity index (χ0v) is 16.9. The van der Waals surface area contributed by atoms with Crippen LogP contribution in [-0.4, -0.2) is 22.5 Å². The van der Waals surface area contributed by atoms with Gasteiger partial charge in [-0.15, -0.1) is 23.1 Å². The predicted octanol–water partition coefficient (Wildman–Crippen LogP) is 5.83. The smallest absolute Gasteiger partial charge is 0.338 e. The quantitative estimate of drug-likeness (QED) is 0.229. The van der Waals surface area contributed by atoms with Crippen LogP contribution in [0.2, 0.25) is 0 Å². The summed E-state index contributed by atoms with van der Waals surface area (Å²) in [6.07, 6.45) is 1.62. The van der Waals surface area contributed by atoms with Gasteiger partial charge in [-0.25, -0.2) is 14.8 Å². The van der Waals surface area contributed by atoms with Gasteiger partial charge in [-0.1, -0.05) is 42.5 Å². The fraction of sp³-hybridized carbons (Fsp3) is 0.136. The van der Waals surface area contributed by atoms with Gasteiger partial charge in [0.05, 0.1) is 12.2 Å². The number of thiophene rings is 1. The average Bonchev–Trinajstić information content (AvgIpc) is 3.18. The van der Waals surface area contributed by atoms with Gasteiger partial charge in [0.2, 0.25) is 0 Å². The van der Waals surface area contributed by atoms with Crippen LogP contribution in [0.4, 0.5) is 0 Å². The summed E-state index contributed by atoms with van der Waals surface area (Å²) in [4.78, 5) is 23.0. The number of ether oxygens (including phenoxy) is 1. The summed E-state index contributed by atoms with van der Waals surface area (Å²) < 4.78 is 5.08. The highest BCUT2D eigenvalue weighted by Gasteiger charge is 2.12. The Balaban J connectivity index is 1.56. The molecule has 2 aromatic carbocycles. The van der Waals surface area contributed by atoms with Crippen LogP contribution in [0.1, 0.15) is 22.8 Å². The molecule has 0 atom stereocenters. The minimum atomic E-state index is -0.288. The number of hydrogen-bond donors (Lipinski definition) is 0. The molecular formula is C22H18N2O2S2. The first-order valence-electron chi connectivity index (χ1n) is 8.93. The molecule has 4 rings (SSSR count). The number of carbonyl (C=O) groups is 1. The standard InChI is InChI=1S/C22H18N2O2S2/c1-2-26-22(25)17-10-6-7-15(11-17)13-27-20-18-12-19(16-8-4-3-5-9-16)28-21(18)24-14-23-20/h3-12,14H,2,13H2,1H3. The Bertz CT molecular complexity index is 1110. The molecule has 0 saturated carbocycles. The molecule has 0 saturated heterocycles. The fourth-order valence-electron chi connectivity index (χ4n) is 2.85. The minimum absolute atomic E-state index is 0.288. The van der Waals surface area contributed by atoms with Gasteiger partial charge in [0.1, 0.15) is 16.2 Å². The SMILES string of the molecule is CCOC(=O)c1cccc(CSc2ncnc3sc(-c4ccccc4)cc23)c1. The second kappa shape index (κ2) is 8.54. The summed E-state index contributed by atoms with van der Waals surface area (Å²) in [6, 6.07) is 20.0. The van der Waals surface area contributed by atoms with Gasteiger partial charge in [-0.05, 0) is 36.2 Å². The molecule has 2 heterocycles. The number of carbonyl (C=O) groups excluding carboxylic acids is 1. The van der Waals surface area contributed by atoms with Crippen molar-refractivity contribution in [3.05, 3.63) is 78.1 Å². The van der Waals surface area contributed by atoms with Crippen molar-refractivity contribution in [3.63, 3.8) is 0 Å². The van der Waals surface area contributed by atoms with Crippen LogP contribution in [0.5, 0.6) is 0 Å². The normalized spacial score (nSPS) is 10.9. The maximum absolute atomic E-state index is 11.9. The van der Waals surface area contributed by atoms with E-state index in [1.54, 1.807) is 35.5 Å². The van der Waals surface area contributed by atoms with Crippen molar-refractivity contribution in [1.29, 1.82) is 0 Å². The lowest BCUT2D eigenvalue weighted by atomic mass is 10.1. The molecule has 0 amide bonds. The van der Waals surface area contributed by atoms with Crippen molar-refractivity contribution < 1.29 is 9.53 Å². The van der Waals surface area contributed by atoms with E-state index in [0.29, 0.717) is 12.2 Å². The van der Waals surface area contributed by atoms with Crippen molar-refractivity contribution in [1.82, 2.24) is 9.97 Å². The number of aromatic nitrogens is 2. The summed E-state index contributed by atoms with van der Waals surface area (Å²) in [5.41, 5.74) is 2.82. The third-order valence-corrected chi connectivity index (χ3v) is 6.33. The van der Waals surface area contributed by atoms with E-state index in [1.165, 1.54) is 10.4 Å². The average molecular weight is 407 g/mol. The van der Waals surface area contributed by atoms with Crippen LogP contribution in [0, 0.1) is 0 Å². The van der Waals surface area contributed by atoms with Gasteiger partial charge in [-0.2, -0.15) is 0 Å². The fourth-order valence-corrected chi connectivity index (χ4v) is 4.83. The molecule has 0 aliphatic heterocycles. The van der Waals surface area contributed by atoms with Crippen molar-refractivity contribution >= 4 is 39.3 Å². The zero-order chi connectivity index (χ0) is 19.3. The molecule has 0 fully saturated rings. The number of thioether (sulfide) groups is 1. The van der Waals surface area contributed by atoms with E-state index >= 15 is 0 Å². The van der Waals surface area contributed by atoms with Crippen LogP contribution in [0.3, 0.4) is 0 Å². The Kier molecular flexibility index (Phi) is 5.69. The maximum Gasteiger partial charge on any atom is 0.338 e. The van der Waals surface area contributed by atoms with E-state index < -0.39 is 0 Å². The first-order chi connectivity index (χ1) is 13.7. The lowest BCUT2D eigenvalue weighted by Gasteiger charge is -2.05. The molecule has 0 spiro atoms. The highest BCUT2D eigenvalue weighted by atomic mass is 32.2. The Morgan fingerprint density at radius 2 is 1.93 bits per heavy atom. The third kappa shape index (κ3) is 4.08. The van der Waals surface area contributed by atoms with E-state index in [2.05, 4.69) is 28.2 Å². The summed E-state index contributed by atoms with van der Waals surface area (Å²) in [6.45, 7) is 2.18. The van der Waals surface area contributed by atoms with Gasteiger partial charge < -0.3 is 4.74 Å². The maximum atomic E-state index is 11.9. The summed E-state index contributed by atoms with van der Waals surface area (Å²) >= 11 is 3.32. The number of fused-ring (bicyclic) bond motifs is 1. The van der Waals surface area contributed by atoms with Crippen LogP contribution < -0.4 is 0 Å². The van der Waals surface area contributed by atoms with Crippen LogP contribution in [-0.2, 0) is 10.5 Å². The van der Waals surface area contributed by atoms with E-state index in [9.17, 15) is 4.79 Å². The lowest BCUT2D eigenvalue weighted by Crippen LogP contribution is -2.04. The van der Waals surface area contributed by atoms with E-state index in [1.807, 2.05) is 43.3 Å². The van der Waals surface area contributed by atoms with E-state index in [-0.39, 0.29) is 5.97 Å². The second-order valence-electron chi connectivity index (χ2n) is 6.08. The molecule has 0 aliphatic rings. The van der Waals surface area contributed by atoms with Gasteiger partial charge in [0.15, 0.2) is 0 Å². The number of nitrogens with zero attached hydrogens (tertiary/aromatic N) is 2. The first-order valence-corrected chi connectivity index (χ1v) is 10.7. The van der Waals surface area contributed by atoms with E-state index in [4.69, 9.17) is 4.74 Å². The second-order valence-corrected chi connectivity index (χ2v) is 8.08. The molecule has 0 aliphatic carbocycles. The third-order valence-electron chi connectivity index (χ3n) is 4.16. The van der Waals surface area contributed by atoms with Crippen LogP contribution in [0.25, 0.3) is 20.7 Å². The van der Waals surface area contributed by atoms with Crippen molar-refractivity contribution in [2.24, 2.45) is 0 Å². The molecule has 140 valence electrons. The highest BCUT2D eigenvalue weighted by Crippen LogP contribution is 2.36. The van der Waals surface area contributed by atoms with Gasteiger partial charge >= 0.3 is 5.97 Å². The predicted molar refractivity (Wildman–Crippen MR) is 115 cm³/mol. The first kappa shape index (κ1) is 18.7. The topological polar surface area (TPSA) is 52.1 Å².